The fraction of sp³-hybridized carbons (Fsp3) is 0.417. The average Bonchev–Trinajstić information content (AvgIpc) is 2.30. The molecule has 1 N–H and O–H groups in total. The van der Waals surface area contributed by atoms with E-state index in [9.17, 15) is 4.79 Å². The second kappa shape index (κ2) is 4.45. The molecular weight excluding hydrogens is 192 g/mol. The summed E-state index contributed by atoms with van der Waals surface area (Å²) in [6, 6.07) is 9.82. The van der Waals surface area contributed by atoms with Gasteiger partial charge >= 0.3 is 5.97 Å². The molecule has 0 saturated carbocycles. The lowest BCUT2D eigenvalue weighted by Crippen LogP contribution is -2.32. The number of rotatable bonds is 2. The minimum absolute atomic E-state index is 0.0949. The van der Waals surface area contributed by atoms with E-state index in [1.807, 2.05) is 30.3 Å². The normalized spacial score (nSPS) is 26.1. The Balaban J connectivity index is 2.22. The van der Waals surface area contributed by atoms with E-state index in [0.717, 1.165) is 12.0 Å². The van der Waals surface area contributed by atoms with Gasteiger partial charge in [0, 0.05) is 12.5 Å². The van der Waals surface area contributed by atoms with Crippen LogP contribution < -0.4 is 0 Å². The molecule has 1 aromatic rings. The summed E-state index contributed by atoms with van der Waals surface area (Å²) in [7, 11) is 0. The van der Waals surface area contributed by atoms with Crippen molar-refractivity contribution in [3.63, 3.8) is 0 Å². The molecule has 1 aliphatic heterocycles. The van der Waals surface area contributed by atoms with E-state index in [4.69, 9.17) is 9.84 Å². The summed E-state index contributed by atoms with van der Waals surface area (Å²) in [6.07, 6.45) is 0.793. The van der Waals surface area contributed by atoms with Crippen molar-refractivity contribution in [2.45, 2.75) is 12.3 Å². The molecule has 80 valence electrons. The molecule has 1 heterocycles. The quantitative estimate of drug-likeness (QED) is 0.803. The van der Waals surface area contributed by atoms with Gasteiger partial charge in [-0.1, -0.05) is 30.3 Å². The number of carboxylic acids is 1. The Morgan fingerprint density at radius 3 is 2.73 bits per heavy atom. The van der Waals surface area contributed by atoms with Gasteiger partial charge in [0.25, 0.3) is 0 Å². The standard InChI is InChI=1S/C12H14O3/c13-12(14)11-8-15-7-6-10(11)9-4-2-1-3-5-9/h1-5,10-11H,6-8H2,(H,13,14)/t10-,11+/m1/s1. The molecule has 0 amide bonds. The smallest absolute Gasteiger partial charge is 0.309 e. The Bertz CT molecular complexity index is 334. The minimum Gasteiger partial charge on any atom is -0.481 e. The van der Waals surface area contributed by atoms with E-state index in [1.165, 1.54) is 0 Å². The van der Waals surface area contributed by atoms with Crippen LogP contribution in [0.1, 0.15) is 17.9 Å². The maximum Gasteiger partial charge on any atom is 0.309 e. The highest BCUT2D eigenvalue weighted by Gasteiger charge is 2.32. The van der Waals surface area contributed by atoms with Crippen LogP contribution in [0.2, 0.25) is 0 Å². The molecule has 0 bridgehead atoms. The van der Waals surface area contributed by atoms with Crippen molar-refractivity contribution >= 4 is 5.97 Å². The molecule has 1 aromatic carbocycles. The van der Waals surface area contributed by atoms with E-state index in [-0.39, 0.29) is 5.92 Å². The number of aliphatic carboxylic acids is 1. The van der Waals surface area contributed by atoms with Crippen molar-refractivity contribution in [3.05, 3.63) is 35.9 Å². The number of hydrogen-bond acceptors (Lipinski definition) is 2. The van der Waals surface area contributed by atoms with Gasteiger partial charge in [-0.15, -0.1) is 0 Å². The predicted molar refractivity (Wildman–Crippen MR) is 55.7 cm³/mol. The summed E-state index contributed by atoms with van der Waals surface area (Å²) >= 11 is 0. The average molecular weight is 206 g/mol. The first-order valence-corrected chi connectivity index (χ1v) is 5.14. The summed E-state index contributed by atoms with van der Waals surface area (Å²) in [6.45, 7) is 0.984. The van der Waals surface area contributed by atoms with Crippen LogP contribution in [0.5, 0.6) is 0 Å². The largest absolute Gasteiger partial charge is 0.481 e. The van der Waals surface area contributed by atoms with Gasteiger partial charge in [0.15, 0.2) is 0 Å². The third-order valence-electron chi connectivity index (χ3n) is 2.90. The molecule has 1 aliphatic rings. The van der Waals surface area contributed by atoms with Gasteiger partial charge in [-0.2, -0.15) is 0 Å². The maximum atomic E-state index is 11.1. The molecule has 1 fully saturated rings. The molecule has 15 heavy (non-hydrogen) atoms. The summed E-state index contributed by atoms with van der Waals surface area (Å²) in [5.41, 5.74) is 1.10. The molecule has 0 aromatic heterocycles. The number of hydrogen-bond donors (Lipinski definition) is 1. The Kier molecular flexibility index (Phi) is 3.02. The molecular formula is C12H14O3. The second-order valence-corrected chi connectivity index (χ2v) is 3.83. The van der Waals surface area contributed by atoms with Crippen LogP contribution in [-0.4, -0.2) is 24.3 Å². The summed E-state index contributed by atoms with van der Waals surface area (Å²) in [5, 5.41) is 9.09. The Labute approximate surface area is 88.7 Å². The first kappa shape index (κ1) is 10.2. The van der Waals surface area contributed by atoms with Crippen molar-refractivity contribution in [1.29, 1.82) is 0 Å². The third kappa shape index (κ3) is 2.18. The van der Waals surface area contributed by atoms with E-state index < -0.39 is 11.9 Å². The monoisotopic (exact) mass is 206 g/mol. The van der Waals surface area contributed by atoms with E-state index in [1.54, 1.807) is 0 Å². The second-order valence-electron chi connectivity index (χ2n) is 3.83. The van der Waals surface area contributed by atoms with Crippen molar-refractivity contribution < 1.29 is 14.6 Å². The zero-order chi connectivity index (χ0) is 10.7. The van der Waals surface area contributed by atoms with E-state index >= 15 is 0 Å². The lowest BCUT2D eigenvalue weighted by atomic mass is 9.83. The summed E-state index contributed by atoms with van der Waals surface area (Å²) in [5.74, 6) is -1.07. The van der Waals surface area contributed by atoms with Gasteiger partial charge in [0.2, 0.25) is 0 Å². The highest BCUT2D eigenvalue weighted by molar-refractivity contribution is 5.71. The third-order valence-corrected chi connectivity index (χ3v) is 2.90. The van der Waals surface area contributed by atoms with Gasteiger partial charge in [-0.05, 0) is 12.0 Å². The minimum atomic E-state index is -0.761. The number of carboxylic acid groups (broad SMARTS) is 1. The fourth-order valence-electron chi connectivity index (χ4n) is 2.08. The Morgan fingerprint density at radius 2 is 2.07 bits per heavy atom. The molecule has 3 heteroatoms. The zero-order valence-corrected chi connectivity index (χ0v) is 8.43. The highest BCUT2D eigenvalue weighted by atomic mass is 16.5. The molecule has 2 rings (SSSR count). The van der Waals surface area contributed by atoms with Crippen molar-refractivity contribution in [2.75, 3.05) is 13.2 Å². The van der Waals surface area contributed by atoms with Crippen LogP contribution in [0.15, 0.2) is 30.3 Å². The number of carbonyl (C=O) groups is 1. The SMILES string of the molecule is O=C(O)[C@H]1COCC[C@@H]1c1ccccc1. The lowest BCUT2D eigenvalue weighted by molar-refractivity contribution is -0.147. The predicted octanol–water partition coefficient (Wildman–Crippen LogP) is 1.89. The molecule has 2 atom stereocenters. The molecule has 1 saturated heterocycles. The van der Waals surface area contributed by atoms with Crippen molar-refractivity contribution in [2.24, 2.45) is 5.92 Å². The molecule has 3 nitrogen and oxygen atoms in total. The van der Waals surface area contributed by atoms with Crippen LogP contribution in [0, 0.1) is 5.92 Å². The van der Waals surface area contributed by atoms with Gasteiger partial charge in [-0.25, -0.2) is 0 Å². The van der Waals surface area contributed by atoms with Crippen LogP contribution in [-0.2, 0) is 9.53 Å². The number of ether oxygens (including phenoxy) is 1. The van der Waals surface area contributed by atoms with Gasteiger partial charge in [0.1, 0.15) is 0 Å². The molecule has 0 aliphatic carbocycles. The van der Waals surface area contributed by atoms with Crippen LogP contribution in [0.3, 0.4) is 0 Å². The first-order valence-electron chi connectivity index (χ1n) is 5.14. The molecule has 0 spiro atoms. The lowest BCUT2D eigenvalue weighted by Gasteiger charge is -2.28. The summed E-state index contributed by atoms with van der Waals surface area (Å²) < 4.78 is 5.21. The fourth-order valence-corrected chi connectivity index (χ4v) is 2.08. The van der Waals surface area contributed by atoms with Crippen LogP contribution in [0.4, 0.5) is 0 Å². The van der Waals surface area contributed by atoms with Gasteiger partial charge < -0.3 is 9.84 Å². The Hall–Kier alpha value is -1.35. The van der Waals surface area contributed by atoms with E-state index in [0.29, 0.717) is 13.2 Å². The topological polar surface area (TPSA) is 46.5 Å². The van der Waals surface area contributed by atoms with Gasteiger partial charge in [0.05, 0.1) is 12.5 Å². The highest BCUT2D eigenvalue weighted by Crippen LogP contribution is 2.31. The van der Waals surface area contributed by atoms with Crippen LogP contribution >= 0.6 is 0 Å². The summed E-state index contributed by atoms with van der Waals surface area (Å²) in [4.78, 5) is 11.1. The van der Waals surface area contributed by atoms with Crippen molar-refractivity contribution in [1.82, 2.24) is 0 Å². The van der Waals surface area contributed by atoms with Crippen molar-refractivity contribution in [3.8, 4) is 0 Å². The first-order chi connectivity index (χ1) is 7.29. The van der Waals surface area contributed by atoms with Crippen LogP contribution in [0.25, 0.3) is 0 Å². The van der Waals surface area contributed by atoms with Gasteiger partial charge in [-0.3, -0.25) is 4.79 Å². The number of benzene rings is 1. The Morgan fingerprint density at radius 1 is 1.33 bits per heavy atom. The maximum absolute atomic E-state index is 11.1. The zero-order valence-electron chi connectivity index (χ0n) is 8.43. The molecule has 0 unspecified atom stereocenters. The van der Waals surface area contributed by atoms with E-state index in [2.05, 4.69) is 0 Å². The molecule has 0 radical (unpaired) electrons.